The molecule has 4 nitrogen and oxygen atoms in total. The fourth-order valence-electron chi connectivity index (χ4n) is 3.40. The van der Waals surface area contributed by atoms with E-state index < -0.39 is 0 Å². The van der Waals surface area contributed by atoms with E-state index in [1.807, 2.05) is 20.8 Å². The Kier molecular flexibility index (Phi) is 4.42. The maximum absolute atomic E-state index is 12.0. The topological polar surface area (TPSA) is 35.6 Å². The maximum Gasteiger partial charge on any atom is 0.234 e. The molecule has 2 saturated heterocycles. The van der Waals surface area contributed by atoms with Crippen molar-refractivity contribution in [1.82, 2.24) is 15.1 Å². The highest BCUT2D eigenvalue weighted by molar-refractivity contribution is 5.78. The predicted octanol–water partition coefficient (Wildman–Crippen LogP) is 2.10. The third kappa shape index (κ3) is 4.43. The van der Waals surface area contributed by atoms with Gasteiger partial charge in [0.15, 0.2) is 0 Å². The normalized spacial score (nSPS) is 23.9. The van der Waals surface area contributed by atoms with Gasteiger partial charge in [0.1, 0.15) is 0 Å². The van der Waals surface area contributed by atoms with Crippen molar-refractivity contribution in [2.45, 2.75) is 65.5 Å². The fraction of sp³-hybridized carbons (Fsp3) is 0.941. The van der Waals surface area contributed by atoms with Gasteiger partial charge in [-0.05, 0) is 72.9 Å². The molecule has 0 aromatic heterocycles. The summed E-state index contributed by atoms with van der Waals surface area (Å²) in [6, 6.07) is 0. The molecule has 0 unspecified atom stereocenters. The van der Waals surface area contributed by atoms with Crippen molar-refractivity contribution in [3.63, 3.8) is 0 Å². The van der Waals surface area contributed by atoms with Gasteiger partial charge < -0.3 is 5.32 Å². The standard InChI is InChI=1S/C17H33N3O/c1-15(2,3)18-14(21)11-19-9-7-17(8-10-19)12-20(13-17)16(4,5)6/h7-13H2,1-6H3,(H,18,21). The molecule has 0 saturated carbocycles. The van der Waals surface area contributed by atoms with Crippen LogP contribution in [0.1, 0.15) is 54.4 Å². The van der Waals surface area contributed by atoms with Crippen LogP contribution >= 0.6 is 0 Å². The van der Waals surface area contributed by atoms with Crippen LogP contribution in [0.2, 0.25) is 0 Å². The van der Waals surface area contributed by atoms with Gasteiger partial charge in [-0.2, -0.15) is 0 Å². The van der Waals surface area contributed by atoms with Crippen LogP contribution in [0.15, 0.2) is 0 Å². The Balaban J connectivity index is 1.74. The van der Waals surface area contributed by atoms with Crippen LogP contribution in [-0.2, 0) is 4.79 Å². The molecule has 0 aromatic rings. The second-order valence-corrected chi connectivity index (χ2v) is 9.10. The zero-order valence-corrected chi connectivity index (χ0v) is 14.8. The van der Waals surface area contributed by atoms with Gasteiger partial charge in [-0.1, -0.05) is 0 Å². The van der Waals surface area contributed by atoms with E-state index in [0.29, 0.717) is 17.5 Å². The van der Waals surface area contributed by atoms with Gasteiger partial charge >= 0.3 is 0 Å². The first kappa shape index (κ1) is 16.8. The molecule has 4 heteroatoms. The summed E-state index contributed by atoms with van der Waals surface area (Å²) in [5.41, 5.74) is 0.703. The molecule has 0 bridgehead atoms. The molecule has 1 spiro atoms. The number of carbonyl (C=O) groups is 1. The highest BCUT2D eigenvalue weighted by Crippen LogP contribution is 2.43. The minimum atomic E-state index is -0.130. The molecule has 1 amide bonds. The van der Waals surface area contributed by atoms with Crippen molar-refractivity contribution in [3.05, 3.63) is 0 Å². The Morgan fingerprint density at radius 2 is 1.57 bits per heavy atom. The molecule has 2 rings (SSSR count). The number of hydrogen-bond acceptors (Lipinski definition) is 3. The number of nitrogens with one attached hydrogen (secondary N) is 1. The Bertz CT molecular complexity index is 376. The smallest absolute Gasteiger partial charge is 0.234 e. The first-order valence-electron chi connectivity index (χ1n) is 8.28. The van der Waals surface area contributed by atoms with Gasteiger partial charge in [-0.15, -0.1) is 0 Å². The van der Waals surface area contributed by atoms with Crippen LogP contribution in [0.3, 0.4) is 0 Å². The monoisotopic (exact) mass is 295 g/mol. The molecule has 122 valence electrons. The quantitative estimate of drug-likeness (QED) is 0.847. The minimum absolute atomic E-state index is 0.130. The summed E-state index contributed by atoms with van der Waals surface area (Å²) in [5, 5.41) is 3.05. The molecular formula is C17H33N3O. The second kappa shape index (κ2) is 5.54. The van der Waals surface area contributed by atoms with E-state index in [1.165, 1.54) is 25.9 Å². The van der Waals surface area contributed by atoms with Crippen LogP contribution in [0.5, 0.6) is 0 Å². The molecule has 2 aliphatic heterocycles. The third-order valence-electron chi connectivity index (χ3n) is 4.80. The molecular weight excluding hydrogens is 262 g/mol. The number of likely N-dealkylation sites (tertiary alicyclic amines) is 2. The van der Waals surface area contributed by atoms with E-state index in [0.717, 1.165) is 13.1 Å². The van der Waals surface area contributed by atoms with Crippen LogP contribution < -0.4 is 5.32 Å². The lowest BCUT2D eigenvalue weighted by molar-refractivity contribution is -0.126. The number of rotatable bonds is 2. The van der Waals surface area contributed by atoms with E-state index in [4.69, 9.17) is 0 Å². The van der Waals surface area contributed by atoms with Crippen LogP contribution in [0.25, 0.3) is 0 Å². The van der Waals surface area contributed by atoms with Crippen molar-refractivity contribution >= 4 is 5.91 Å². The summed E-state index contributed by atoms with van der Waals surface area (Å²) in [7, 11) is 0. The van der Waals surface area contributed by atoms with Crippen LogP contribution in [0.4, 0.5) is 0 Å². The Labute approximate surface area is 130 Å². The van der Waals surface area contributed by atoms with Crippen molar-refractivity contribution in [2.75, 3.05) is 32.7 Å². The summed E-state index contributed by atoms with van der Waals surface area (Å²) in [6.45, 7) is 18.1. The average Bonchev–Trinajstić information content (AvgIpc) is 2.22. The molecule has 0 aliphatic carbocycles. The largest absolute Gasteiger partial charge is 0.350 e. The van der Waals surface area contributed by atoms with Crippen LogP contribution in [0, 0.1) is 5.41 Å². The fourth-order valence-corrected chi connectivity index (χ4v) is 3.40. The summed E-state index contributed by atoms with van der Waals surface area (Å²) < 4.78 is 0. The van der Waals surface area contributed by atoms with Crippen molar-refractivity contribution in [3.8, 4) is 0 Å². The predicted molar refractivity (Wildman–Crippen MR) is 87.3 cm³/mol. The third-order valence-corrected chi connectivity index (χ3v) is 4.80. The molecule has 2 aliphatic rings. The van der Waals surface area contributed by atoms with Gasteiger partial charge in [0.2, 0.25) is 5.91 Å². The SMILES string of the molecule is CC(C)(C)NC(=O)CN1CCC2(CC1)CN(C(C)(C)C)C2. The Morgan fingerprint density at radius 1 is 1.05 bits per heavy atom. The number of carbonyl (C=O) groups excluding carboxylic acids is 1. The average molecular weight is 295 g/mol. The molecule has 1 N–H and O–H groups in total. The molecule has 2 fully saturated rings. The van der Waals surface area contributed by atoms with E-state index in [-0.39, 0.29) is 11.4 Å². The molecule has 21 heavy (non-hydrogen) atoms. The van der Waals surface area contributed by atoms with E-state index in [1.54, 1.807) is 0 Å². The van der Waals surface area contributed by atoms with E-state index >= 15 is 0 Å². The molecule has 2 heterocycles. The van der Waals surface area contributed by atoms with E-state index in [9.17, 15) is 4.79 Å². The lowest BCUT2D eigenvalue weighted by Crippen LogP contribution is -2.65. The highest BCUT2D eigenvalue weighted by atomic mass is 16.2. The van der Waals surface area contributed by atoms with Crippen molar-refractivity contribution in [1.29, 1.82) is 0 Å². The Morgan fingerprint density at radius 3 is 2.00 bits per heavy atom. The molecule has 0 atom stereocenters. The van der Waals surface area contributed by atoms with Gasteiger partial charge in [0.25, 0.3) is 0 Å². The molecule has 0 radical (unpaired) electrons. The van der Waals surface area contributed by atoms with Gasteiger partial charge in [-0.25, -0.2) is 0 Å². The summed E-state index contributed by atoms with van der Waals surface area (Å²) in [5.74, 6) is 0.156. The number of amides is 1. The summed E-state index contributed by atoms with van der Waals surface area (Å²) in [4.78, 5) is 16.9. The van der Waals surface area contributed by atoms with Gasteiger partial charge in [0.05, 0.1) is 6.54 Å². The summed E-state index contributed by atoms with van der Waals surface area (Å²) >= 11 is 0. The number of hydrogen-bond donors (Lipinski definition) is 1. The zero-order valence-electron chi connectivity index (χ0n) is 14.8. The zero-order chi connectivity index (χ0) is 15.9. The van der Waals surface area contributed by atoms with Gasteiger partial charge in [0, 0.05) is 24.2 Å². The summed E-state index contributed by atoms with van der Waals surface area (Å²) in [6.07, 6.45) is 2.48. The van der Waals surface area contributed by atoms with Crippen molar-refractivity contribution < 1.29 is 4.79 Å². The van der Waals surface area contributed by atoms with E-state index in [2.05, 4.69) is 35.9 Å². The first-order valence-corrected chi connectivity index (χ1v) is 8.28. The first-order chi connectivity index (χ1) is 9.49. The lowest BCUT2D eigenvalue weighted by atomic mass is 9.70. The van der Waals surface area contributed by atoms with Crippen LogP contribution in [-0.4, -0.2) is 59.5 Å². The van der Waals surface area contributed by atoms with Crippen molar-refractivity contribution in [2.24, 2.45) is 5.41 Å². The maximum atomic E-state index is 12.0. The Hall–Kier alpha value is -0.610. The highest BCUT2D eigenvalue weighted by Gasteiger charge is 2.47. The number of nitrogens with zero attached hydrogens (tertiary/aromatic N) is 2. The minimum Gasteiger partial charge on any atom is -0.350 e. The number of piperidine rings is 1. The second-order valence-electron chi connectivity index (χ2n) is 9.10. The lowest BCUT2D eigenvalue weighted by Gasteiger charge is -2.58. The molecule has 0 aromatic carbocycles. The van der Waals surface area contributed by atoms with Gasteiger partial charge in [-0.3, -0.25) is 14.6 Å².